The number of hydrogen-bond acceptors (Lipinski definition) is 2. The molecule has 0 radical (unpaired) electrons. The van der Waals surface area contributed by atoms with E-state index >= 15 is 0 Å². The Morgan fingerprint density at radius 3 is 2.86 bits per heavy atom. The zero-order valence-electron chi connectivity index (χ0n) is 4.59. The molecule has 0 atom stereocenters. The molecule has 0 aromatic carbocycles. The van der Waals surface area contributed by atoms with Crippen LogP contribution in [0.2, 0.25) is 0 Å². The van der Waals surface area contributed by atoms with Crippen molar-refractivity contribution >= 4 is 12.9 Å². The molecule has 0 aliphatic heterocycles. The van der Waals surface area contributed by atoms with E-state index in [4.69, 9.17) is 0 Å². The molecule has 0 aliphatic rings. The molecule has 0 unspecified atom stereocenters. The predicted octanol–water partition coefficient (Wildman–Crippen LogP) is 1.47. The molecule has 0 bridgehead atoms. The van der Waals surface area contributed by atoms with Gasteiger partial charge in [-0.05, 0) is 6.42 Å². The highest BCUT2D eigenvalue weighted by atomic mass is 15.2. The second-order valence-electron chi connectivity index (χ2n) is 1.23. The maximum Gasteiger partial charge on any atom is 0.0269 e. The van der Waals surface area contributed by atoms with E-state index in [1.54, 1.807) is 6.21 Å². The highest BCUT2D eigenvalue weighted by Crippen LogP contribution is 1.79. The maximum atomic E-state index is 3.55. The smallest absolute Gasteiger partial charge is 0.0269 e. The van der Waals surface area contributed by atoms with Gasteiger partial charge >= 0.3 is 0 Å². The summed E-state index contributed by atoms with van der Waals surface area (Å²) in [5.41, 5.74) is 0. The van der Waals surface area contributed by atoms with Crippen LogP contribution in [-0.4, -0.2) is 12.9 Å². The third-order valence-corrected chi connectivity index (χ3v) is 0.581. The quantitative estimate of drug-likeness (QED) is 0.377. The summed E-state index contributed by atoms with van der Waals surface area (Å²) in [6.07, 6.45) is 3.88. The first-order chi connectivity index (χ1) is 3.41. The van der Waals surface area contributed by atoms with Gasteiger partial charge in [0.2, 0.25) is 0 Å². The molecule has 0 amide bonds. The fourth-order valence-electron chi connectivity index (χ4n) is 0.245. The molecule has 0 aromatic rings. The van der Waals surface area contributed by atoms with Crippen LogP contribution in [-0.2, 0) is 0 Å². The van der Waals surface area contributed by atoms with Crippen molar-refractivity contribution in [3.8, 4) is 0 Å². The summed E-state index contributed by atoms with van der Waals surface area (Å²) in [5.74, 6) is 0. The average molecular weight is 98.1 g/mol. The topological polar surface area (TPSA) is 24.7 Å². The van der Waals surface area contributed by atoms with Crippen molar-refractivity contribution in [2.45, 2.75) is 19.8 Å². The SMILES string of the molecule is C=N/N=C/CCC. The molecule has 0 N–H and O–H groups in total. The van der Waals surface area contributed by atoms with Crippen LogP contribution in [0.15, 0.2) is 10.2 Å². The van der Waals surface area contributed by atoms with Gasteiger partial charge in [0.1, 0.15) is 0 Å². The molecule has 0 spiro atoms. The monoisotopic (exact) mass is 98.1 g/mol. The first-order valence-electron chi connectivity index (χ1n) is 2.39. The number of hydrogen-bond donors (Lipinski definition) is 0. The van der Waals surface area contributed by atoms with E-state index in [-0.39, 0.29) is 0 Å². The van der Waals surface area contributed by atoms with Crippen molar-refractivity contribution in [2.24, 2.45) is 10.2 Å². The lowest BCUT2D eigenvalue weighted by Crippen LogP contribution is -1.67. The van der Waals surface area contributed by atoms with E-state index in [0.29, 0.717) is 0 Å². The Bertz CT molecular complexity index is 66.5. The van der Waals surface area contributed by atoms with Crippen LogP contribution in [0.1, 0.15) is 19.8 Å². The normalized spacial score (nSPS) is 9.86. The van der Waals surface area contributed by atoms with E-state index in [1.807, 2.05) is 0 Å². The molecule has 0 saturated heterocycles. The second-order valence-corrected chi connectivity index (χ2v) is 1.23. The Labute approximate surface area is 44.0 Å². The fourth-order valence-corrected chi connectivity index (χ4v) is 0.245. The molecule has 0 rings (SSSR count). The van der Waals surface area contributed by atoms with Crippen LogP contribution in [0.4, 0.5) is 0 Å². The summed E-state index contributed by atoms with van der Waals surface area (Å²) >= 11 is 0. The highest BCUT2D eigenvalue weighted by molar-refractivity contribution is 5.57. The average Bonchev–Trinajstić information content (AvgIpc) is 1.69. The summed E-state index contributed by atoms with van der Waals surface area (Å²) in [5, 5.41) is 6.84. The molecular weight excluding hydrogens is 88.1 g/mol. The van der Waals surface area contributed by atoms with E-state index < -0.39 is 0 Å². The minimum Gasteiger partial charge on any atom is -0.167 e. The zero-order valence-corrected chi connectivity index (χ0v) is 4.59. The van der Waals surface area contributed by atoms with Crippen molar-refractivity contribution in [3.63, 3.8) is 0 Å². The molecule has 0 aliphatic carbocycles. The van der Waals surface area contributed by atoms with Crippen LogP contribution >= 0.6 is 0 Å². The molecule has 0 aromatic heterocycles. The van der Waals surface area contributed by atoms with Gasteiger partial charge in [-0.15, -0.1) is 0 Å². The molecule has 2 nitrogen and oxygen atoms in total. The summed E-state index contributed by atoms with van der Waals surface area (Å²) in [4.78, 5) is 0. The standard InChI is InChI=1S/C5H10N2/c1-3-4-5-7-6-2/h5H,2-4H2,1H3/b7-5+. The van der Waals surface area contributed by atoms with Crippen molar-refractivity contribution in [2.75, 3.05) is 0 Å². The first kappa shape index (κ1) is 6.34. The van der Waals surface area contributed by atoms with Crippen LogP contribution in [0.25, 0.3) is 0 Å². The lowest BCUT2D eigenvalue weighted by molar-refractivity contribution is 1.00. The van der Waals surface area contributed by atoms with Crippen LogP contribution in [0, 0.1) is 0 Å². The number of nitrogens with zero attached hydrogens (tertiary/aromatic N) is 2. The van der Waals surface area contributed by atoms with Gasteiger partial charge in [0, 0.05) is 12.9 Å². The lowest BCUT2D eigenvalue weighted by atomic mass is 10.4. The second kappa shape index (κ2) is 5.34. The van der Waals surface area contributed by atoms with Crippen molar-refractivity contribution in [1.82, 2.24) is 0 Å². The molecule has 0 saturated carbocycles. The van der Waals surface area contributed by atoms with Gasteiger partial charge in [-0.2, -0.15) is 10.2 Å². The van der Waals surface area contributed by atoms with Gasteiger partial charge in [-0.1, -0.05) is 13.3 Å². The fraction of sp³-hybridized carbons (Fsp3) is 0.600. The van der Waals surface area contributed by atoms with Crippen molar-refractivity contribution < 1.29 is 0 Å². The van der Waals surface area contributed by atoms with Crippen molar-refractivity contribution in [3.05, 3.63) is 0 Å². The third kappa shape index (κ3) is 5.34. The minimum absolute atomic E-state index is 0.999. The van der Waals surface area contributed by atoms with E-state index in [2.05, 4.69) is 23.8 Å². The largest absolute Gasteiger partial charge is 0.167 e. The summed E-state index contributed by atoms with van der Waals surface area (Å²) < 4.78 is 0. The van der Waals surface area contributed by atoms with Crippen molar-refractivity contribution in [1.29, 1.82) is 0 Å². The van der Waals surface area contributed by atoms with E-state index in [0.717, 1.165) is 12.8 Å². The lowest BCUT2D eigenvalue weighted by Gasteiger charge is -1.76. The Morgan fingerprint density at radius 1 is 1.71 bits per heavy atom. The molecule has 0 fully saturated rings. The Balaban J connectivity index is 2.92. The van der Waals surface area contributed by atoms with Crippen LogP contribution < -0.4 is 0 Å². The van der Waals surface area contributed by atoms with E-state index in [9.17, 15) is 0 Å². The summed E-state index contributed by atoms with van der Waals surface area (Å²) in [6, 6.07) is 0. The Kier molecular flexibility index (Phi) is 4.84. The van der Waals surface area contributed by atoms with Crippen LogP contribution in [0.3, 0.4) is 0 Å². The Morgan fingerprint density at radius 2 is 2.43 bits per heavy atom. The first-order valence-corrected chi connectivity index (χ1v) is 2.39. The Hall–Kier alpha value is -0.660. The predicted molar refractivity (Wildman–Crippen MR) is 32.9 cm³/mol. The summed E-state index contributed by atoms with van der Waals surface area (Å²) in [6.45, 7) is 5.28. The molecular formula is C5H10N2. The van der Waals surface area contributed by atoms with E-state index in [1.165, 1.54) is 0 Å². The van der Waals surface area contributed by atoms with Gasteiger partial charge in [0.25, 0.3) is 0 Å². The molecule has 7 heavy (non-hydrogen) atoms. The van der Waals surface area contributed by atoms with Gasteiger partial charge in [-0.3, -0.25) is 0 Å². The van der Waals surface area contributed by atoms with Crippen LogP contribution in [0.5, 0.6) is 0 Å². The third-order valence-electron chi connectivity index (χ3n) is 0.581. The molecule has 2 heteroatoms. The van der Waals surface area contributed by atoms with Gasteiger partial charge in [-0.25, -0.2) is 0 Å². The molecule has 40 valence electrons. The van der Waals surface area contributed by atoms with Gasteiger partial charge < -0.3 is 0 Å². The highest BCUT2D eigenvalue weighted by Gasteiger charge is 1.68. The maximum absolute atomic E-state index is 3.55. The van der Waals surface area contributed by atoms with Gasteiger partial charge in [0.05, 0.1) is 0 Å². The minimum atomic E-state index is 0.999. The summed E-state index contributed by atoms with van der Waals surface area (Å²) in [7, 11) is 0. The van der Waals surface area contributed by atoms with Gasteiger partial charge in [0.15, 0.2) is 0 Å². The molecule has 0 heterocycles. The zero-order chi connectivity index (χ0) is 5.54. The number of unbranched alkanes of at least 4 members (excludes halogenated alkanes) is 1. The number of rotatable bonds is 3.